The number of amides is 1. The van der Waals surface area contributed by atoms with Gasteiger partial charge in [0.05, 0.1) is 5.92 Å². The molecule has 24 heavy (non-hydrogen) atoms. The van der Waals surface area contributed by atoms with Crippen LogP contribution in [0.1, 0.15) is 43.2 Å². The highest BCUT2D eigenvalue weighted by atomic mass is 19.1. The van der Waals surface area contributed by atoms with Gasteiger partial charge >= 0.3 is 0 Å². The van der Waals surface area contributed by atoms with Gasteiger partial charge in [-0.05, 0) is 61.8 Å². The van der Waals surface area contributed by atoms with Crippen molar-refractivity contribution in [1.29, 1.82) is 0 Å². The second kappa shape index (κ2) is 6.47. The van der Waals surface area contributed by atoms with E-state index in [1.165, 1.54) is 25.3 Å². The molecule has 5 rings (SSSR count). The van der Waals surface area contributed by atoms with Gasteiger partial charge in [-0.1, -0.05) is 12.5 Å². The van der Waals surface area contributed by atoms with Gasteiger partial charge in [0.15, 0.2) is 0 Å². The minimum Gasteiger partial charge on any atom is -0.338 e. The zero-order valence-electron chi connectivity index (χ0n) is 14.5. The number of carbonyl (C=O) groups is 1. The Labute approximate surface area is 143 Å². The first kappa shape index (κ1) is 16.1. The quantitative estimate of drug-likeness (QED) is 0.845. The fourth-order valence-corrected chi connectivity index (χ4v) is 4.50. The Morgan fingerprint density at radius 3 is 2.75 bits per heavy atom. The normalized spacial score (nSPS) is 28.1. The lowest BCUT2D eigenvalue weighted by Gasteiger charge is -2.40. The highest BCUT2D eigenvalue weighted by Gasteiger charge is 2.41. The van der Waals surface area contributed by atoms with Gasteiger partial charge < -0.3 is 4.90 Å². The summed E-state index contributed by atoms with van der Waals surface area (Å²) in [4.78, 5) is 17.4. The third kappa shape index (κ3) is 3.08. The number of hydrogen-bond donors (Lipinski definition) is 0. The van der Waals surface area contributed by atoms with Gasteiger partial charge in [-0.25, -0.2) is 4.39 Å². The maximum Gasteiger partial charge on any atom is 0.227 e. The van der Waals surface area contributed by atoms with E-state index < -0.39 is 0 Å². The average molecular weight is 330 g/mol. The molecule has 1 aromatic rings. The summed E-state index contributed by atoms with van der Waals surface area (Å²) in [6.07, 6.45) is 6.04. The minimum absolute atomic E-state index is 0.137. The lowest BCUT2D eigenvalue weighted by atomic mass is 9.83. The van der Waals surface area contributed by atoms with Crippen LogP contribution >= 0.6 is 0 Å². The fourth-order valence-electron chi connectivity index (χ4n) is 4.50. The molecule has 2 bridgehead atoms. The predicted octanol–water partition coefficient (Wildman–Crippen LogP) is 3.36. The number of aryl methyl sites for hydroxylation is 1. The molecule has 0 unspecified atom stereocenters. The molecule has 0 N–H and O–H groups in total. The van der Waals surface area contributed by atoms with Crippen molar-refractivity contribution in [2.45, 2.75) is 51.6 Å². The van der Waals surface area contributed by atoms with Crippen molar-refractivity contribution in [3.63, 3.8) is 0 Å². The van der Waals surface area contributed by atoms with Crippen LogP contribution in [0.25, 0.3) is 0 Å². The summed E-state index contributed by atoms with van der Waals surface area (Å²) in [6, 6.07) is 5.38. The lowest BCUT2D eigenvalue weighted by Crippen LogP contribution is -2.50. The molecule has 4 heteroatoms. The second-order valence-electron chi connectivity index (χ2n) is 7.98. The third-order valence-electron chi connectivity index (χ3n) is 6.25. The predicted molar refractivity (Wildman–Crippen MR) is 92.0 cm³/mol. The largest absolute Gasteiger partial charge is 0.338 e. The van der Waals surface area contributed by atoms with Crippen LogP contribution in [-0.4, -0.2) is 41.4 Å². The lowest BCUT2D eigenvalue weighted by molar-refractivity contribution is -0.141. The standard InChI is InChI=1S/C20H27FN2O/c1-14-5-7-18(21)9-17(14)12-22-11-16-6-8-19(13-22)23(20(16)24)10-15-3-2-4-15/h5,7,9,15-16,19H,2-4,6,8,10-13H2,1H3/t16-,19+/m1/s1. The SMILES string of the molecule is Cc1ccc(F)cc1CN1C[C@H]2CC[C@@H](C1)N(CC1CCC1)C2=O. The number of fused-ring (bicyclic) bond motifs is 4. The van der Waals surface area contributed by atoms with Gasteiger partial charge in [0.25, 0.3) is 0 Å². The van der Waals surface area contributed by atoms with Crippen molar-refractivity contribution in [2.75, 3.05) is 19.6 Å². The van der Waals surface area contributed by atoms with Crippen LogP contribution in [0.15, 0.2) is 18.2 Å². The Bertz CT molecular complexity index is 628. The summed E-state index contributed by atoms with van der Waals surface area (Å²) in [5, 5.41) is 0. The Morgan fingerprint density at radius 2 is 2.00 bits per heavy atom. The molecule has 2 atom stereocenters. The zero-order chi connectivity index (χ0) is 16.7. The molecule has 0 radical (unpaired) electrons. The summed E-state index contributed by atoms with van der Waals surface area (Å²) in [5.74, 6) is 1.07. The first-order valence-corrected chi connectivity index (χ1v) is 9.38. The van der Waals surface area contributed by atoms with Crippen LogP contribution in [0.4, 0.5) is 4.39 Å². The molecular weight excluding hydrogens is 303 g/mol. The van der Waals surface area contributed by atoms with Crippen LogP contribution in [0.3, 0.4) is 0 Å². The van der Waals surface area contributed by atoms with Gasteiger partial charge in [-0.15, -0.1) is 0 Å². The van der Waals surface area contributed by atoms with Gasteiger partial charge in [-0.2, -0.15) is 0 Å². The Balaban J connectivity index is 1.49. The molecule has 4 aliphatic rings. The van der Waals surface area contributed by atoms with Crippen LogP contribution in [0, 0.1) is 24.6 Å². The summed E-state index contributed by atoms with van der Waals surface area (Å²) in [7, 11) is 0. The highest BCUT2D eigenvalue weighted by Crippen LogP contribution is 2.34. The summed E-state index contributed by atoms with van der Waals surface area (Å²) in [6.45, 7) is 5.51. The molecule has 4 fully saturated rings. The first-order chi connectivity index (χ1) is 11.6. The van der Waals surface area contributed by atoms with Crippen molar-refractivity contribution in [1.82, 2.24) is 9.80 Å². The topological polar surface area (TPSA) is 23.6 Å². The molecule has 3 aliphatic heterocycles. The first-order valence-electron chi connectivity index (χ1n) is 9.38. The van der Waals surface area contributed by atoms with Crippen molar-refractivity contribution >= 4 is 5.91 Å². The second-order valence-corrected chi connectivity index (χ2v) is 7.98. The molecule has 1 aromatic carbocycles. The van der Waals surface area contributed by atoms with E-state index in [9.17, 15) is 9.18 Å². The number of hydrogen-bond acceptors (Lipinski definition) is 2. The van der Waals surface area contributed by atoms with E-state index in [4.69, 9.17) is 0 Å². The van der Waals surface area contributed by atoms with Gasteiger partial charge in [0.2, 0.25) is 5.91 Å². The molecule has 0 aromatic heterocycles. The zero-order valence-corrected chi connectivity index (χ0v) is 14.5. The van der Waals surface area contributed by atoms with E-state index >= 15 is 0 Å². The average Bonchev–Trinajstić information content (AvgIpc) is 2.78. The molecule has 3 saturated heterocycles. The summed E-state index contributed by atoms with van der Waals surface area (Å²) >= 11 is 0. The Kier molecular flexibility index (Phi) is 4.33. The highest BCUT2D eigenvalue weighted by molar-refractivity contribution is 5.80. The summed E-state index contributed by atoms with van der Waals surface area (Å²) in [5.41, 5.74) is 2.18. The number of nitrogens with zero attached hydrogens (tertiary/aromatic N) is 2. The van der Waals surface area contributed by atoms with E-state index in [2.05, 4.69) is 9.80 Å². The molecule has 3 heterocycles. The maximum absolute atomic E-state index is 13.6. The fraction of sp³-hybridized carbons (Fsp3) is 0.650. The van der Waals surface area contributed by atoms with Gasteiger partial charge in [0.1, 0.15) is 5.82 Å². The van der Waals surface area contributed by atoms with E-state index in [0.29, 0.717) is 11.9 Å². The number of halogens is 1. The van der Waals surface area contributed by atoms with E-state index in [1.54, 1.807) is 6.07 Å². The van der Waals surface area contributed by atoms with Gasteiger partial charge in [0, 0.05) is 32.2 Å². The smallest absolute Gasteiger partial charge is 0.227 e. The van der Waals surface area contributed by atoms with Crippen LogP contribution in [0.5, 0.6) is 0 Å². The number of carbonyl (C=O) groups excluding carboxylic acids is 1. The monoisotopic (exact) mass is 330 g/mol. The Morgan fingerprint density at radius 1 is 1.17 bits per heavy atom. The van der Waals surface area contributed by atoms with Crippen molar-refractivity contribution in [3.8, 4) is 0 Å². The summed E-state index contributed by atoms with van der Waals surface area (Å²) < 4.78 is 13.6. The molecule has 130 valence electrons. The maximum atomic E-state index is 13.6. The van der Waals surface area contributed by atoms with Crippen LogP contribution in [0.2, 0.25) is 0 Å². The van der Waals surface area contributed by atoms with E-state index in [0.717, 1.165) is 56.1 Å². The molecule has 1 aliphatic carbocycles. The van der Waals surface area contributed by atoms with E-state index in [1.807, 2.05) is 13.0 Å². The van der Waals surface area contributed by atoms with Crippen LogP contribution in [-0.2, 0) is 11.3 Å². The third-order valence-corrected chi connectivity index (χ3v) is 6.25. The molecule has 0 spiro atoms. The molecule has 1 amide bonds. The van der Waals surface area contributed by atoms with E-state index in [-0.39, 0.29) is 11.7 Å². The Hall–Kier alpha value is -1.42. The number of rotatable bonds is 4. The van der Waals surface area contributed by atoms with Crippen molar-refractivity contribution < 1.29 is 9.18 Å². The minimum atomic E-state index is -0.170. The number of piperidine rings is 1. The molecular formula is C20H27FN2O. The molecule has 1 saturated carbocycles. The van der Waals surface area contributed by atoms with Crippen molar-refractivity contribution in [2.24, 2.45) is 11.8 Å². The van der Waals surface area contributed by atoms with Gasteiger partial charge in [-0.3, -0.25) is 9.69 Å². The molecule has 3 nitrogen and oxygen atoms in total. The van der Waals surface area contributed by atoms with Crippen molar-refractivity contribution in [3.05, 3.63) is 35.1 Å². The number of benzene rings is 1. The van der Waals surface area contributed by atoms with Crippen LogP contribution < -0.4 is 0 Å².